The van der Waals surface area contributed by atoms with Gasteiger partial charge in [-0.3, -0.25) is 0 Å². The molecule has 0 atom stereocenters. The topological polar surface area (TPSA) is 26.0 Å². The Hall–Kier alpha value is -3.06. The van der Waals surface area contributed by atoms with Crippen LogP contribution in [-0.2, 0) is 6.42 Å². The maximum atomic E-state index is 6.61. The van der Waals surface area contributed by atoms with Crippen molar-refractivity contribution >= 4 is 34.2 Å². The molecule has 0 amide bonds. The third kappa shape index (κ3) is 2.32. The highest BCUT2D eigenvalue weighted by atomic mass is 14.6. The summed E-state index contributed by atoms with van der Waals surface area (Å²) in [6, 6.07) is 13.0. The van der Waals surface area contributed by atoms with E-state index in [0.717, 1.165) is 34.4 Å². The smallest absolute Gasteiger partial charge is 0.0426 e. The average molecular weight is 337 g/mol. The fourth-order valence-electron chi connectivity index (χ4n) is 4.04. The van der Waals surface area contributed by atoms with E-state index in [-0.39, 0.29) is 0 Å². The molecule has 0 heterocycles. The van der Waals surface area contributed by atoms with E-state index < -0.39 is 0 Å². The van der Waals surface area contributed by atoms with Gasteiger partial charge in [0.25, 0.3) is 0 Å². The van der Waals surface area contributed by atoms with Crippen molar-refractivity contribution in [1.29, 1.82) is 0 Å². The number of nitrogens with two attached hydrogens (primary N) is 1. The largest absolute Gasteiger partial charge is 0.398 e. The maximum absolute atomic E-state index is 6.61. The fourth-order valence-corrected chi connectivity index (χ4v) is 4.04. The van der Waals surface area contributed by atoms with Crippen LogP contribution in [0.2, 0.25) is 0 Å². The van der Waals surface area contributed by atoms with Gasteiger partial charge >= 0.3 is 0 Å². The molecule has 0 radical (unpaired) electrons. The molecular formula is C25H23N. The zero-order valence-electron chi connectivity index (χ0n) is 15.4. The second-order valence-electron chi connectivity index (χ2n) is 7.08. The minimum atomic E-state index is 0.872. The molecule has 0 saturated heterocycles. The van der Waals surface area contributed by atoms with Crippen LogP contribution in [0.15, 0.2) is 55.6 Å². The molecule has 1 heteroatoms. The molecule has 0 aromatic heterocycles. The quantitative estimate of drug-likeness (QED) is 0.521. The Morgan fingerprint density at radius 3 is 2.58 bits per heavy atom. The maximum Gasteiger partial charge on any atom is 0.0426 e. The van der Waals surface area contributed by atoms with Gasteiger partial charge in [0.1, 0.15) is 0 Å². The summed E-state index contributed by atoms with van der Waals surface area (Å²) in [6.45, 7) is 12.4. The first-order valence-electron chi connectivity index (χ1n) is 8.96. The van der Waals surface area contributed by atoms with Gasteiger partial charge in [0.05, 0.1) is 0 Å². The molecule has 0 fully saturated rings. The molecule has 0 saturated carbocycles. The van der Waals surface area contributed by atoms with Crippen LogP contribution < -0.4 is 5.73 Å². The summed E-state index contributed by atoms with van der Waals surface area (Å²) in [4.78, 5) is 0. The molecule has 1 nitrogen and oxygen atoms in total. The second kappa shape index (κ2) is 6.03. The van der Waals surface area contributed by atoms with E-state index in [9.17, 15) is 0 Å². The molecule has 4 rings (SSSR count). The van der Waals surface area contributed by atoms with Crippen LogP contribution in [-0.4, -0.2) is 0 Å². The predicted octanol–water partition coefficient (Wildman–Crippen LogP) is 6.64. The Balaban J connectivity index is 2.29. The van der Waals surface area contributed by atoms with E-state index in [4.69, 9.17) is 5.73 Å². The molecular weight excluding hydrogens is 314 g/mol. The zero-order valence-corrected chi connectivity index (χ0v) is 15.4. The Labute approximate surface area is 155 Å². The van der Waals surface area contributed by atoms with E-state index in [1.165, 1.54) is 33.0 Å². The van der Waals surface area contributed by atoms with E-state index in [2.05, 4.69) is 75.6 Å². The average Bonchev–Trinajstić information content (AvgIpc) is 2.83. The first-order chi connectivity index (χ1) is 12.5. The second-order valence-corrected chi connectivity index (χ2v) is 7.08. The summed E-state index contributed by atoms with van der Waals surface area (Å²) < 4.78 is 0. The monoisotopic (exact) mass is 337 g/mol. The van der Waals surface area contributed by atoms with Gasteiger partial charge in [-0.2, -0.15) is 0 Å². The fraction of sp³-hybridized carbons (Fsp3) is 0.120. The Morgan fingerprint density at radius 2 is 1.85 bits per heavy atom. The van der Waals surface area contributed by atoms with Gasteiger partial charge in [-0.1, -0.05) is 67.8 Å². The van der Waals surface area contributed by atoms with Crippen molar-refractivity contribution in [2.45, 2.75) is 20.3 Å². The lowest BCUT2D eigenvalue weighted by molar-refractivity contribution is 1.28. The summed E-state index contributed by atoms with van der Waals surface area (Å²) >= 11 is 0. The lowest BCUT2D eigenvalue weighted by Crippen LogP contribution is -2.00. The number of aryl methyl sites for hydroxylation is 1. The predicted molar refractivity (Wildman–Crippen MR) is 116 cm³/mol. The molecule has 1 aliphatic carbocycles. The number of nitrogen functional groups attached to an aromatic ring is 1. The first-order valence-corrected chi connectivity index (χ1v) is 8.96. The minimum absolute atomic E-state index is 0.872. The third-order valence-electron chi connectivity index (χ3n) is 5.33. The summed E-state index contributed by atoms with van der Waals surface area (Å²) in [5.41, 5.74) is 16.8. The molecule has 128 valence electrons. The van der Waals surface area contributed by atoms with Gasteiger partial charge in [0.15, 0.2) is 0 Å². The molecule has 3 aromatic carbocycles. The van der Waals surface area contributed by atoms with Gasteiger partial charge in [-0.15, -0.1) is 0 Å². The minimum Gasteiger partial charge on any atom is -0.398 e. The van der Waals surface area contributed by atoms with Crippen molar-refractivity contribution in [2.24, 2.45) is 0 Å². The summed E-state index contributed by atoms with van der Waals surface area (Å²) in [5, 5.41) is 2.42. The Morgan fingerprint density at radius 1 is 1.08 bits per heavy atom. The number of rotatable bonds is 2. The molecule has 0 aliphatic heterocycles. The number of allylic oxidation sites excluding steroid dienone is 2. The van der Waals surface area contributed by atoms with Gasteiger partial charge in [-0.25, -0.2) is 0 Å². The van der Waals surface area contributed by atoms with Crippen LogP contribution >= 0.6 is 0 Å². The van der Waals surface area contributed by atoms with Crippen molar-refractivity contribution in [2.75, 3.05) is 5.73 Å². The standard InChI is InChI=1S/C25H23N/c1-5-17-11-12-20-14-13-18-7-6-8-19-10-9-16(4)25(26)24(19)23(18)22(20)21(17)15(2)3/h5-7,9-14H,1-2,8,26H2,3-4H3. The van der Waals surface area contributed by atoms with Crippen LogP contribution in [0, 0.1) is 6.92 Å². The molecule has 0 unspecified atom stereocenters. The van der Waals surface area contributed by atoms with E-state index >= 15 is 0 Å². The highest BCUT2D eigenvalue weighted by molar-refractivity contribution is 6.10. The molecule has 2 N–H and O–H groups in total. The first kappa shape index (κ1) is 16.4. The van der Waals surface area contributed by atoms with Crippen molar-refractivity contribution in [3.63, 3.8) is 0 Å². The van der Waals surface area contributed by atoms with Crippen LogP contribution in [0.25, 0.3) is 39.6 Å². The van der Waals surface area contributed by atoms with Crippen LogP contribution in [0.3, 0.4) is 0 Å². The van der Waals surface area contributed by atoms with E-state index in [1.807, 2.05) is 6.08 Å². The summed E-state index contributed by atoms with van der Waals surface area (Å²) in [7, 11) is 0. The van der Waals surface area contributed by atoms with Crippen molar-refractivity contribution in [3.8, 4) is 11.1 Å². The molecule has 26 heavy (non-hydrogen) atoms. The van der Waals surface area contributed by atoms with Gasteiger partial charge in [0, 0.05) is 11.3 Å². The lowest BCUT2D eigenvalue weighted by atomic mass is 9.84. The van der Waals surface area contributed by atoms with Gasteiger partial charge in [0.2, 0.25) is 0 Å². The molecule has 1 aliphatic rings. The highest BCUT2D eigenvalue weighted by Gasteiger charge is 2.21. The zero-order chi connectivity index (χ0) is 18.4. The van der Waals surface area contributed by atoms with E-state index in [1.54, 1.807) is 0 Å². The number of hydrogen-bond donors (Lipinski definition) is 1. The Bertz CT molecular complexity index is 1110. The highest BCUT2D eigenvalue weighted by Crippen LogP contribution is 2.44. The van der Waals surface area contributed by atoms with Gasteiger partial charge in [-0.05, 0) is 70.0 Å². The summed E-state index contributed by atoms with van der Waals surface area (Å²) in [5.74, 6) is 0. The summed E-state index contributed by atoms with van der Waals surface area (Å²) in [6.07, 6.45) is 7.24. The van der Waals surface area contributed by atoms with Gasteiger partial charge < -0.3 is 5.73 Å². The molecule has 0 bridgehead atoms. The van der Waals surface area contributed by atoms with E-state index in [0.29, 0.717) is 0 Å². The number of benzene rings is 3. The molecule has 3 aromatic rings. The van der Waals surface area contributed by atoms with Crippen molar-refractivity contribution in [1.82, 2.24) is 0 Å². The molecule has 0 spiro atoms. The SMILES string of the molecule is C=Cc1ccc2ccc3c(c2c1C(=C)C)-c1c(ccc(C)c1N)CC=C3. The van der Waals surface area contributed by atoms with Crippen LogP contribution in [0.1, 0.15) is 34.7 Å². The van der Waals surface area contributed by atoms with Crippen molar-refractivity contribution in [3.05, 3.63) is 83.4 Å². The number of anilines is 1. The normalized spacial score (nSPS) is 12.4. The number of hydrogen-bond acceptors (Lipinski definition) is 1. The van der Waals surface area contributed by atoms with Crippen LogP contribution in [0.4, 0.5) is 5.69 Å². The third-order valence-corrected chi connectivity index (χ3v) is 5.33. The van der Waals surface area contributed by atoms with Crippen LogP contribution in [0.5, 0.6) is 0 Å². The number of fused-ring (bicyclic) bond motifs is 5. The lowest BCUT2D eigenvalue weighted by Gasteiger charge is -2.20. The van der Waals surface area contributed by atoms with Crippen molar-refractivity contribution < 1.29 is 0 Å². The Kier molecular flexibility index (Phi) is 3.81.